The Labute approximate surface area is 122 Å². The fraction of sp³-hybridized carbons (Fsp3) is 0.375. The highest BCUT2D eigenvalue weighted by Gasteiger charge is 2.29. The lowest BCUT2D eigenvalue weighted by atomic mass is 10.1. The summed E-state index contributed by atoms with van der Waals surface area (Å²) in [5, 5.41) is 2.90. The maximum atomic E-state index is 12.0. The number of nitrogens with two attached hydrogens (primary N) is 1. The summed E-state index contributed by atoms with van der Waals surface area (Å²) in [7, 11) is 0. The predicted molar refractivity (Wildman–Crippen MR) is 81.6 cm³/mol. The van der Waals surface area contributed by atoms with Gasteiger partial charge in [0.05, 0.1) is 12.1 Å². The van der Waals surface area contributed by atoms with Crippen LogP contribution in [0.5, 0.6) is 0 Å². The largest absolute Gasteiger partial charge is 0.327 e. The Balaban J connectivity index is 1.61. The van der Waals surface area contributed by atoms with Gasteiger partial charge in [0.15, 0.2) is 0 Å². The molecule has 0 spiro atoms. The maximum Gasteiger partial charge on any atom is 0.141 e. The first-order valence-corrected chi connectivity index (χ1v) is 7.87. The number of carbonyl (C=O) groups is 1. The Morgan fingerprint density at radius 2 is 2.10 bits per heavy atom. The second kappa shape index (κ2) is 5.85. The molecule has 0 amide bonds. The monoisotopic (exact) mass is 286 g/mol. The zero-order valence-electron chi connectivity index (χ0n) is 11.3. The van der Waals surface area contributed by atoms with Crippen LogP contribution >= 0.6 is 11.3 Å². The van der Waals surface area contributed by atoms with E-state index >= 15 is 0 Å². The van der Waals surface area contributed by atoms with Gasteiger partial charge in [-0.15, -0.1) is 11.3 Å². The number of aromatic nitrogens is 1. The number of benzene rings is 1. The van der Waals surface area contributed by atoms with E-state index in [2.05, 4.69) is 4.98 Å². The van der Waals surface area contributed by atoms with Crippen molar-refractivity contribution < 1.29 is 4.79 Å². The standard InChI is InChI=1S/C16H18N2OS/c17-14(11-6-7-11)8-13(19)9-16-18-15(10-20-16)12-4-2-1-3-5-12/h1-5,10-11,14H,6-9,17H2. The Morgan fingerprint density at radius 1 is 1.35 bits per heavy atom. The lowest BCUT2D eigenvalue weighted by Gasteiger charge is -2.07. The van der Waals surface area contributed by atoms with E-state index in [1.165, 1.54) is 12.8 Å². The molecule has 1 aliphatic rings. The minimum Gasteiger partial charge on any atom is -0.327 e. The third-order valence-electron chi connectivity index (χ3n) is 3.66. The van der Waals surface area contributed by atoms with Crippen molar-refractivity contribution in [3.05, 3.63) is 40.7 Å². The fourth-order valence-electron chi connectivity index (χ4n) is 2.33. The summed E-state index contributed by atoms with van der Waals surface area (Å²) in [6, 6.07) is 10.1. The molecule has 104 valence electrons. The number of thiazole rings is 1. The van der Waals surface area contributed by atoms with Crippen LogP contribution in [-0.2, 0) is 11.2 Å². The van der Waals surface area contributed by atoms with Crippen LogP contribution in [0.3, 0.4) is 0 Å². The lowest BCUT2D eigenvalue weighted by molar-refractivity contribution is -0.118. The zero-order chi connectivity index (χ0) is 13.9. The van der Waals surface area contributed by atoms with Crippen LogP contribution in [0, 0.1) is 5.92 Å². The summed E-state index contributed by atoms with van der Waals surface area (Å²) in [5.74, 6) is 0.786. The highest BCUT2D eigenvalue weighted by atomic mass is 32.1. The summed E-state index contributed by atoms with van der Waals surface area (Å²) >= 11 is 1.55. The lowest BCUT2D eigenvalue weighted by Crippen LogP contribution is -2.26. The van der Waals surface area contributed by atoms with Crippen molar-refractivity contribution in [2.24, 2.45) is 11.7 Å². The molecule has 1 aromatic heterocycles. The van der Waals surface area contributed by atoms with Crippen LogP contribution in [0.1, 0.15) is 24.3 Å². The molecule has 1 aromatic carbocycles. The molecule has 1 heterocycles. The van der Waals surface area contributed by atoms with Crippen molar-refractivity contribution in [3.63, 3.8) is 0 Å². The molecule has 3 nitrogen and oxygen atoms in total. The topological polar surface area (TPSA) is 56.0 Å². The first-order valence-electron chi connectivity index (χ1n) is 6.99. The molecule has 0 radical (unpaired) electrons. The first-order chi connectivity index (χ1) is 9.72. The first kappa shape index (κ1) is 13.5. The molecule has 2 aromatic rings. The SMILES string of the molecule is NC(CC(=O)Cc1nc(-c2ccccc2)cs1)C1CC1. The van der Waals surface area contributed by atoms with Gasteiger partial charge in [0.25, 0.3) is 0 Å². The Bertz CT molecular complexity index is 590. The van der Waals surface area contributed by atoms with E-state index in [0.29, 0.717) is 18.8 Å². The highest BCUT2D eigenvalue weighted by molar-refractivity contribution is 7.10. The van der Waals surface area contributed by atoms with Gasteiger partial charge in [-0.05, 0) is 18.8 Å². The fourth-order valence-corrected chi connectivity index (χ4v) is 3.16. The van der Waals surface area contributed by atoms with Gasteiger partial charge in [-0.25, -0.2) is 4.98 Å². The average molecular weight is 286 g/mol. The number of Topliss-reactive ketones (excluding diaryl/α,β-unsaturated/α-hetero) is 1. The Kier molecular flexibility index (Phi) is 3.94. The summed E-state index contributed by atoms with van der Waals surface area (Å²) in [6.07, 6.45) is 3.27. The molecule has 20 heavy (non-hydrogen) atoms. The van der Waals surface area contributed by atoms with Crippen molar-refractivity contribution >= 4 is 17.1 Å². The van der Waals surface area contributed by atoms with Crippen molar-refractivity contribution in [1.29, 1.82) is 0 Å². The molecular weight excluding hydrogens is 268 g/mol. The quantitative estimate of drug-likeness (QED) is 0.888. The van der Waals surface area contributed by atoms with E-state index in [9.17, 15) is 4.79 Å². The van der Waals surface area contributed by atoms with Crippen molar-refractivity contribution in [2.75, 3.05) is 0 Å². The highest BCUT2D eigenvalue weighted by Crippen LogP contribution is 2.33. The van der Waals surface area contributed by atoms with Gasteiger partial charge in [0.1, 0.15) is 10.8 Å². The van der Waals surface area contributed by atoms with E-state index in [1.807, 2.05) is 35.7 Å². The number of carbonyl (C=O) groups excluding carboxylic acids is 1. The molecular formula is C16H18N2OS. The van der Waals surface area contributed by atoms with Crippen LogP contribution in [0.2, 0.25) is 0 Å². The normalized spacial score (nSPS) is 16.1. The van der Waals surface area contributed by atoms with Gasteiger partial charge in [-0.3, -0.25) is 4.79 Å². The predicted octanol–water partition coefficient (Wildman–Crippen LogP) is 3.05. The molecule has 1 aliphatic carbocycles. The van der Waals surface area contributed by atoms with Gasteiger partial charge in [-0.1, -0.05) is 30.3 Å². The number of hydrogen-bond acceptors (Lipinski definition) is 4. The molecule has 0 saturated heterocycles. The van der Waals surface area contributed by atoms with Crippen LogP contribution in [0.15, 0.2) is 35.7 Å². The third-order valence-corrected chi connectivity index (χ3v) is 4.51. The molecule has 1 saturated carbocycles. The summed E-state index contributed by atoms with van der Waals surface area (Å²) in [4.78, 5) is 16.5. The van der Waals surface area contributed by atoms with E-state index in [-0.39, 0.29) is 11.8 Å². The zero-order valence-corrected chi connectivity index (χ0v) is 12.1. The second-order valence-corrected chi connectivity index (χ2v) is 6.36. The minimum absolute atomic E-state index is 0.0519. The average Bonchev–Trinajstić information content (AvgIpc) is 3.21. The van der Waals surface area contributed by atoms with Crippen LogP contribution in [0.25, 0.3) is 11.3 Å². The van der Waals surface area contributed by atoms with Crippen LogP contribution < -0.4 is 5.73 Å². The van der Waals surface area contributed by atoms with Gasteiger partial charge >= 0.3 is 0 Å². The molecule has 1 unspecified atom stereocenters. The van der Waals surface area contributed by atoms with Crippen molar-refractivity contribution in [2.45, 2.75) is 31.7 Å². The number of nitrogens with zero attached hydrogens (tertiary/aromatic N) is 1. The van der Waals surface area contributed by atoms with E-state index in [1.54, 1.807) is 11.3 Å². The Hall–Kier alpha value is -1.52. The molecule has 1 fully saturated rings. The second-order valence-electron chi connectivity index (χ2n) is 5.41. The van der Waals surface area contributed by atoms with Gasteiger partial charge < -0.3 is 5.73 Å². The van der Waals surface area contributed by atoms with E-state index < -0.39 is 0 Å². The van der Waals surface area contributed by atoms with Crippen LogP contribution in [0.4, 0.5) is 0 Å². The molecule has 3 rings (SSSR count). The summed E-state index contributed by atoms with van der Waals surface area (Å²) < 4.78 is 0. The van der Waals surface area contributed by atoms with E-state index in [0.717, 1.165) is 16.3 Å². The maximum absolute atomic E-state index is 12.0. The molecule has 1 atom stereocenters. The minimum atomic E-state index is 0.0519. The van der Waals surface area contributed by atoms with Crippen molar-refractivity contribution in [1.82, 2.24) is 4.98 Å². The number of ketones is 1. The molecule has 4 heteroatoms. The van der Waals surface area contributed by atoms with Gasteiger partial charge in [0, 0.05) is 23.4 Å². The third kappa shape index (κ3) is 3.32. The number of rotatable bonds is 6. The van der Waals surface area contributed by atoms with Gasteiger partial charge in [0.2, 0.25) is 0 Å². The Morgan fingerprint density at radius 3 is 2.80 bits per heavy atom. The summed E-state index contributed by atoms with van der Waals surface area (Å²) in [5.41, 5.74) is 8.04. The van der Waals surface area contributed by atoms with Gasteiger partial charge in [-0.2, -0.15) is 0 Å². The molecule has 2 N–H and O–H groups in total. The summed E-state index contributed by atoms with van der Waals surface area (Å²) in [6.45, 7) is 0. The van der Waals surface area contributed by atoms with Crippen molar-refractivity contribution in [3.8, 4) is 11.3 Å². The van der Waals surface area contributed by atoms with Crippen LogP contribution in [-0.4, -0.2) is 16.8 Å². The van der Waals surface area contributed by atoms with E-state index in [4.69, 9.17) is 5.73 Å². The molecule has 0 aliphatic heterocycles. The smallest absolute Gasteiger partial charge is 0.141 e. The number of hydrogen-bond donors (Lipinski definition) is 1. The molecule has 0 bridgehead atoms.